The van der Waals surface area contributed by atoms with Crippen molar-refractivity contribution in [2.24, 2.45) is 0 Å². The fraction of sp³-hybridized carbons (Fsp3) is 0.250. The zero-order valence-electron chi connectivity index (χ0n) is 11.2. The first-order valence-electron chi connectivity index (χ1n) is 6.55. The van der Waals surface area contributed by atoms with Crippen LogP contribution in [-0.4, -0.2) is 6.54 Å². The molecule has 0 aliphatic carbocycles. The highest BCUT2D eigenvalue weighted by Gasteiger charge is 2.17. The molecule has 1 unspecified atom stereocenters. The van der Waals surface area contributed by atoms with Gasteiger partial charge in [0, 0.05) is 10.0 Å². The Morgan fingerprint density at radius 2 is 1.95 bits per heavy atom. The van der Waals surface area contributed by atoms with Gasteiger partial charge < -0.3 is 5.32 Å². The SMILES string of the molecule is CCCNC(c1cccc(F)c1)c1cc(Cl)ccc1Cl. The van der Waals surface area contributed by atoms with Gasteiger partial charge in [0.15, 0.2) is 0 Å². The second-order valence-corrected chi connectivity index (χ2v) is 5.45. The fourth-order valence-corrected chi connectivity index (χ4v) is 2.53. The average molecular weight is 312 g/mol. The van der Waals surface area contributed by atoms with E-state index in [1.54, 1.807) is 18.2 Å². The van der Waals surface area contributed by atoms with Crippen molar-refractivity contribution in [3.63, 3.8) is 0 Å². The van der Waals surface area contributed by atoms with Crippen LogP contribution in [0.3, 0.4) is 0 Å². The Morgan fingerprint density at radius 1 is 1.15 bits per heavy atom. The van der Waals surface area contributed by atoms with E-state index in [1.165, 1.54) is 12.1 Å². The number of benzene rings is 2. The van der Waals surface area contributed by atoms with E-state index in [0.29, 0.717) is 10.0 Å². The third kappa shape index (κ3) is 3.72. The molecule has 4 heteroatoms. The van der Waals surface area contributed by atoms with Gasteiger partial charge in [-0.15, -0.1) is 0 Å². The fourth-order valence-electron chi connectivity index (χ4n) is 2.12. The molecule has 20 heavy (non-hydrogen) atoms. The van der Waals surface area contributed by atoms with Crippen molar-refractivity contribution in [3.8, 4) is 0 Å². The molecule has 2 aromatic rings. The van der Waals surface area contributed by atoms with Gasteiger partial charge in [-0.1, -0.05) is 42.3 Å². The molecule has 0 saturated heterocycles. The summed E-state index contributed by atoms with van der Waals surface area (Å²) < 4.78 is 13.5. The standard InChI is InChI=1S/C16H16Cl2FN/c1-2-8-20-16(11-4-3-5-13(19)9-11)14-10-12(17)6-7-15(14)18/h3-7,9-10,16,20H,2,8H2,1H3. The van der Waals surface area contributed by atoms with Crippen LogP contribution in [-0.2, 0) is 0 Å². The predicted molar refractivity (Wildman–Crippen MR) is 83.0 cm³/mol. The first-order chi connectivity index (χ1) is 9.61. The van der Waals surface area contributed by atoms with Crippen molar-refractivity contribution in [3.05, 3.63) is 69.5 Å². The maximum atomic E-state index is 13.5. The average Bonchev–Trinajstić information content (AvgIpc) is 2.43. The van der Waals surface area contributed by atoms with Crippen molar-refractivity contribution in [1.29, 1.82) is 0 Å². The molecule has 1 nitrogen and oxygen atoms in total. The minimum absolute atomic E-state index is 0.170. The van der Waals surface area contributed by atoms with Gasteiger partial charge in [0.2, 0.25) is 0 Å². The Bertz CT molecular complexity index is 586. The summed E-state index contributed by atoms with van der Waals surface area (Å²) in [7, 11) is 0. The van der Waals surface area contributed by atoms with E-state index in [0.717, 1.165) is 24.1 Å². The third-order valence-electron chi connectivity index (χ3n) is 3.05. The van der Waals surface area contributed by atoms with E-state index in [9.17, 15) is 4.39 Å². The lowest BCUT2D eigenvalue weighted by Crippen LogP contribution is -2.23. The summed E-state index contributed by atoms with van der Waals surface area (Å²) in [6.07, 6.45) is 0.976. The largest absolute Gasteiger partial charge is 0.306 e. The Kier molecular flexibility index (Phi) is 5.41. The van der Waals surface area contributed by atoms with Gasteiger partial charge in [-0.25, -0.2) is 4.39 Å². The number of rotatable bonds is 5. The molecule has 0 radical (unpaired) electrons. The second-order valence-electron chi connectivity index (χ2n) is 4.61. The maximum Gasteiger partial charge on any atom is 0.123 e. The Labute approximate surface area is 128 Å². The van der Waals surface area contributed by atoms with E-state index in [-0.39, 0.29) is 11.9 Å². The summed E-state index contributed by atoms with van der Waals surface area (Å²) in [5.41, 5.74) is 1.70. The van der Waals surface area contributed by atoms with Crippen LogP contribution >= 0.6 is 23.2 Å². The zero-order chi connectivity index (χ0) is 14.5. The minimum Gasteiger partial charge on any atom is -0.306 e. The molecule has 1 N–H and O–H groups in total. The first-order valence-corrected chi connectivity index (χ1v) is 7.31. The highest BCUT2D eigenvalue weighted by atomic mass is 35.5. The van der Waals surface area contributed by atoms with Crippen LogP contribution in [0.4, 0.5) is 4.39 Å². The van der Waals surface area contributed by atoms with Crippen LogP contribution < -0.4 is 5.32 Å². The molecule has 2 aromatic carbocycles. The molecule has 0 amide bonds. The summed E-state index contributed by atoms with van der Waals surface area (Å²) in [5.74, 6) is -0.260. The Morgan fingerprint density at radius 3 is 2.65 bits per heavy atom. The highest BCUT2D eigenvalue weighted by molar-refractivity contribution is 6.33. The Hall–Kier alpha value is -1.09. The third-order valence-corrected chi connectivity index (χ3v) is 3.63. The second kappa shape index (κ2) is 7.07. The maximum absolute atomic E-state index is 13.5. The molecule has 1 atom stereocenters. The van der Waals surface area contributed by atoms with Gasteiger partial charge in [-0.2, -0.15) is 0 Å². The molecule has 0 saturated carbocycles. The van der Waals surface area contributed by atoms with Crippen molar-refractivity contribution in [1.82, 2.24) is 5.32 Å². The van der Waals surface area contributed by atoms with E-state index in [2.05, 4.69) is 12.2 Å². The first kappa shape index (κ1) is 15.3. The molecule has 0 aliphatic rings. The van der Waals surface area contributed by atoms with Gasteiger partial charge >= 0.3 is 0 Å². The lowest BCUT2D eigenvalue weighted by Gasteiger charge is -2.21. The predicted octanol–water partition coefficient (Wildman–Crippen LogP) is 5.22. The number of hydrogen-bond acceptors (Lipinski definition) is 1. The van der Waals surface area contributed by atoms with Crippen LogP contribution in [0.1, 0.15) is 30.5 Å². The summed E-state index contributed by atoms with van der Waals surface area (Å²) in [4.78, 5) is 0. The number of halogens is 3. The molecular weight excluding hydrogens is 296 g/mol. The monoisotopic (exact) mass is 311 g/mol. The van der Waals surface area contributed by atoms with Gasteiger partial charge in [0.1, 0.15) is 5.82 Å². The quantitative estimate of drug-likeness (QED) is 0.798. The Balaban J connectivity index is 2.44. The van der Waals surface area contributed by atoms with Gasteiger partial charge in [-0.05, 0) is 54.4 Å². The van der Waals surface area contributed by atoms with E-state index in [4.69, 9.17) is 23.2 Å². The smallest absolute Gasteiger partial charge is 0.123 e. The number of hydrogen-bond donors (Lipinski definition) is 1. The molecular formula is C16H16Cl2FN. The van der Waals surface area contributed by atoms with Crippen molar-refractivity contribution in [2.75, 3.05) is 6.54 Å². The summed E-state index contributed by atoms with van der Waals surface area (Å²) in [6.45, 7) is 2.89. The molecule has 0 fully saturated rings. The molecule has 0 heterocycles. The summed E-state index contributed by atoms with van der Waals surface area (Å²) in [5, 5.41) is 4.62. The lowest BCUT2D eigenvalue weighted by atomic mass is 9.98. The summed E-state index contributed by atoms with van der Waals surface area (Å²) >= 11 is 12.3. The molecule has 0 bridgehead atoms. The van der Waals surface area contributed by atoms with Crippen molar-refractivity contribution < 1.29 is 4.39 Å². The molecule has 0 aromatic heterocycles. The van der Waals surface area contributed by atoms with Crippen LogP contribution in [0.15, 0.2) is 42.5 Å². The molecule has 0 spiro atoms. The van der Waals surface area contributed by atoms with Crippen molar-refractivity contribution >= 4 is 23.2 Å². The van der Waals surface area contributed by atoms with Crippen LogP contribution in [0.25, 0.3) is 0 Å². The van der Waals surface area contributed by atoms with Gasteiger partial charge in [-0.3, -0.25) is 0 Å². The van der Waals surface area contributed by atoms with Gasteiger partial charge in [0.05, 0.1) is 6.04 Å². The van der Waals surface area contributed by atoms with Crippen LogP contribution in [0, 0.1) is 5.82 Å². The number of nitrogens with one attached hydrogen (secondary N) is 1. The van der Waals surface area contributed by atoms with Gasteiger partial charge in [0.25, 0.3) is 0 Å². The topological polar surface area (TPSA) is 12.0 Å². The molecule has 106 valence electrons. The van der Waals surface area contributed by atoms with E-state index in [1.807, 2.05) is 12.1 Å². The molecule has 0 aliphatic heterocycles. The normalized spacial score (nSPS) is 12.4. The van der Waals surface area contributed by atoms with E-state index >= 15 is 0 Å². The zero-order valence-corrected chi connectivity index (χ0v) is 12.7. The van der Waals surface area contributed by atoms with Crippen molar-refractivity contribution in [2.45, 2.75) is 19.4 Å². The highest BCUT2D eigenvalue weighted by Crippen LogP contribution is 2.31. The van der Waals surface area contributed by atoms with Crippen LogP contribution in [0.2, 0.25) is 10.0 Å². The summed E-state index contributed by atoms with van der Waals surface area (Å²) in [6, 6.07) is 11.7. The lowest BCUT2D eigenvalue weighted by molar-refractivity contribution is 0.585. The molecule has 2 rings (SSSR count). The minimum atomic E-state index is -0.260. The van der Waals surface area contributed by atoms with Crippen LogP contribution in [0.5, 0.6) is 0 Å². The van der Waals surface area contributed by atoms with E-state index < -0.39 is 0 Å².